The van der Waals surface area contributed by atoms with Crippen LogP contribution in [-0.2, 0) is 6.54 Å². The first-order valence-corrected chi connectivity index (χ1v) is 6.57. The van der Waals surface area contributed by atoms with E-state index in [1.54, 1.807) is 0 Å². The minimum absolute atomic E-state index is 0.685. The Labute approximate surface area is 95.8 Å². The first-order chi connectivity index (χ1) is 7.25. The number of hydrogen-bond donors (Lipinski definition) is 1. The molecular formula is C12H18N2S. The van der Waals surface area contributed by atoms with Crippen LogP contribution in [0.3, 0.4) is 0 Å². The standard InChI is InChI=1S/C12H18N2S/c1-10-9-15-6-5-14(10)8-11-3-2-4-12(13)7-11/h2-4,7,10H,5-6,8-9,13H2,1H3. The third-order valence-electron chi connectivity index (χ3n) is 2.84. The molecule has 15 heavy (non-hydrogen) atoms. The van der Waals surface area contributed by atoms with Gasteiger partial charge in [-0.05, 0) is 24.6 Å². The molecule has 0 spiro atoms. The van der Waals surface area contributed by atoms with Crippen molar-refractivity contribution in [2.75, 3.05) is 23.8 Å². The number of nitrogens with zero attached hydrogens (tertiary/aromatic N) is 1. The van der Waals surface area contributed by atoms with Crippen LogP contribution in [-0.4, -0.2) is 29.0 Å². The van der Waals surface area contributed by atoms with Gasteiger partial charge >= 0.3 is 0 Å². The van der Waals surface area contributed by atoms with Crippen molar-refractivity contribution >= 4 is 17.4 Å². The summed E-state index contributed by atoms with van der Waals surface area (Å²) in [5, 5.41) is 0. The van der Waals surface area contributed by atoms with E-state index >= 15 is 0 Å². The molecule has 1 aliphatic rings. The molecule has 0 saturated carbocycles. The lowest BCUT2D eigenvalue weighted by Crippen LogP contribution is -2.39. The van der Waals surface area contributed by atoms with Crippen LogP contribution in [0.5, 0.6) is 0 Å². The van der Waals surface area contributed by atoms with E-state index < -0.39 is 0 Å². The number of benzene rings is 1. The molecule has 2 N–H and O–H groups in total. The fourth-order valence-electron chi connectivity index (χ4n) is 1.92. The van der Waals surface area contributed by atoms with Gasteiger partial charge in [0.2, 0.25) is 0 Å². The molecule has 0 aliphatic carbocycles. The van der Waals surface area contributed by atoms with E-state index in [4.69, 9.17) is 5.73 Å². The molecule has 1 aliphatic heterocycles. The van der Waals surface area contributed by atoms with E-state index in [1.807, 2.05) is 12.1 Å². The zero-order valence-corrected chi connectivity index (χ0v) is 9.96. The first-order valence-electron chi connectivity index (χ1n) is 5.42. The summed E-state index contributed by atoms with van der Waals surface area (Å²) in [6.45, 7) is 4.53. The smallest absolute Gasteiger partial charge is 0.0317 e. The van der Waals surface area contributed by atoms with Crippen molar-refractivity contribution in [2.45, 2.75) is 19.5 Å². The summed E-state index contributed by atoms with van der Waals surface area (Å²) in [4.78, 5) is 2.53. The van der Waals surface area contributed by atoms with E-state index in [-0.39, 0.29) is 0 Å². The molecule has 2 nitrogen and oxygen atoms in total. The Balaban J connectivity index is 2.01. The highest BCUT2D eigenvalue weighted by Crippen LogP contribution is 2.19. The van der Waals surface area contributed by atoms with Crippen molar-refractivity contribution in [3.63, 3.8) is 0 Å². The van der Waals surface area contributed by atoms with Crippen LogP contribution >= 0.6 is 11.8 Å². The summed E-state index contributed by atoms with van der Waals surface area (Å²) < 4.78 is 0. The zero-order chi connectivity index (χ0) is 10.7. The van der Waals surface area contributed by atoms with Gasteiger partial charge in [0, 0.05) is 36.3 Å². The lowest BCUT2D eigenvalue weighted by molar-refractivity contribution is 0.224. The van der Waals surface area contributed by atoms with E-state index in [1.165, 1.54) is 23.6 Å². The third-order valence-corrected chi connectivity index (χ3v) is 4.03. The summed E-state index contributed by atoms with van der Waals surface area (Å²) in [7, 11) is 0. The van der Waals surface area contributed by atoms with Crippen LogP contribution in [0.25, 0.3) is 0 Å². The molecule has 1 fully saturated rings. The SMILES string of the molecule is CC1CSCCN1Cc1cccc(N)c1. The zero-order valence-electron chi connectivity index (χ0n) is 9.15. The molecule has 1 atom stereocenters. The van der Waals surface area contributed by atoms with Gasteiger partial charge in [0.15, 0.2) is 0 Å². The van der Waals surface area contributed by atoms with E-state index in [9.17, 15) is 0 Å². The van der Waals surface area contributed by atoms with Crippen molar-refractivity contribution in [1.29, 1.82) is 0 Å². The maximum Gasteiger partial charge on any atom is 0.0317 e. The van der Waals surface area contributed by atoms with Gasteiger partial charge in [0.25, 0.3) is 0 Å². The van der Waals surface area contributed by atoms with Crippen molar-refractivity contribution in [3.8, 4) is 0 Å². The van der Waals surface area contributed by atoms with Gasteiger partial charge in [0.05, 0.1) is 0 Å². The van der Waals surface area contributed by atoms with Crippen LogP contribution in [0.4, 0.5) is 5.69 Å². The highest BCUT2D eigenvalue weighted by Gasteiger charge is 2.18. The van der Waals surface area contributed by atoms with E-state index in [0.29, 0.717) is 6.04 Å². The number of hydrogen-bond acceptors (Lipinski definition) is 3. The van der Waals surface area contributed by atoms with Crippen LogP contribution in [0.2, 0.25) is 0 Å². The summed E-state index contributed by atoms with van der Waals surface area (Å²) in [5.41, 5.74) is 7.97. The van der Waals surface area contributed by atoms with Gasteiger partial charge in [-0.2, -0.15) is 11.8 Å². The molecule has 0 aromatic heterocycles. The Morgan fingerprint density at radius 2 is 2.40 bits per heavy atom. The monoisotopic (exact) mass is 222 g/mol. The van der Waals surface area contributed by atoms with Crippen LogP contribution in [0.1, 0.15) is 12.5 Å². The van der Waals surface area contributed by atoms with Crippen molar-refractivity contribution in [2.24, 2.45) is 0 Å². The maximum absolute atomic E-state index is 5.78. The second-order valence-electron chi connectivity index (χ2n) is 4.14. The van der Waals surface area contributed by atoms with Gasteiger partial charge in [-0.15, -0.1) is 0 Å². The van der Waals surface area contributed by atoms with Gasteiger partial charge in [-0.3, -0.25) is 4.90 Å². The summed E-state index contributed by atoms with van der Waals surface area (Å²) in [5.74, 6) is 2.51. The molecular weight excluding hydrogens is 204 g/mol. The fourth-order valence-corrected chi connectivity index (χ4v) is 3.00. The molecule has 1 aromatic carbocycles. The van der Waals surface area contributed by atoms with E-state index in [0.717, 1.165) is 12.2 Å². The van der Waals surface area contributed by atoms with Crippen LogP contribution in [0, 0.1) is 0 Å². The average Bonchev–Trinajstić information content (AvgIpc) is 2.22. The van der Waals surface area contributed by atoms with Crippen molar-refractivity contribution in [1.82, 2.24) is 4.90 Å². The van der Waals surface area contributed by atoms with Gasteiger partial charge in [0.1, 0.15) is 0 Å². The number of nitrogen functional groups attached to an aromatic ring is 1. The number of anilines is 1. The summed E-state index contributed by atoms with van der Waals surface area (Å²) in [6, 6.07) is 8.90. The normalized spacial score (nSPS) is 22.9. The third kappa shape index (κ3) is 2.89. The Morgan fingerprint density at radius 1 is 1.53 bits per heavy atom. The molecule has 3 heteroatoms. The molecule has 0 bridgehead atoms. The Kier molecular flexibility index (Phi) is 3.54. The topological polar surface area (TPSA) is 29.3 Å². The first kappa shape index (κ1) is 10.8. The highest BCUT2D eigenvalue weighted by molar-refractivity contribution is 7.99. The second kappa shape index (κ2) is 4.90. The van der Waals surface area contributed by atoms with E-state index in [2.05, 4.69) is 35.7 Å². The second-order valence-corrected chi connectivity index (χ2v) is 5.29. The molecule has 1 saturated heterocycles. The predicted molar refractivity (Wildman–Crippen MR) is 68.1 cm³/mol. The van der Waals surface area contributed by atoms with Crippen LogP contribution < -0.4 is 5.73 Å². The van der Waals surface area contributed by atoms with Crippen LogP contribution in [0.15, 0.2) is 24.3 Å². The molecule has 1 heterocycles. The number of rotatable bonds is 2. The molecule has 82 valence electrons. The quantitative estimate of drug-likeness (QED) is 0.778. The summed E-state index contributed by atoms with van der Waals surface area (Å²) in [6.07, 6.45) is 0. The summed E-state index contributed by atoms with van der Waals surface area (Å²) >= 11 is 2.05. The van der Waals surface area contributed by atoms with Gasteiger partial charge in [-0.1, -0.05) is 12.1 Å². The molecule has 0 radical (unpaired) electrons. The average molecular weight is 222 g/mol. The molecule has 1 unspecified atom stereocenters. The largest absolute Gasteiger partial charge is 0.399 e. The lowest BCUT2D eigenvalue weighted by atomic mass is 10.1. The minimum Gasteiger partial charge on any atom is -0.399 e. The Bertz CT molecular complexity index is 327. The molecule has 1 aromatic rings. The highest BCUT2D eigenvalue weighted by atomic mass is 32.2. The molecule has 0 amide bonds. The maximum atomic E-state index is 5.78. The lowest BCUT2D eigenvalue weighted by Gasteiger charge is -2.33. The van der Waals surface area contributed by atoms with Crippen molar-refractivity contribution < 1.29 is 0 Å². The number of thioether (sulfide) groups is 1. The Morgan fingerprint density at radius 3 is 3.13 bits per heavy atom. The van der Waals surface area contributed by atoms with Crippen molar-refractivity contribution in [3.05, 3.63) is 29.8 Å². The van der Waals surface area contributed by atoms with Gasteiger partial charge < -0.3 is 5.73 Å². The molecule has 2 rings (SSSR count). The predicted octanol–water partition coefficient (Wildman–Crippen LogP) is 2.21. The minimum atomic E-state index is 0.685. The fraction of sp³-hybridized carbons (Fsp3) is 0.500. The number of nitrogens with two attached hydrogens (primary N) is 1. The van der Waals surface area contributed by atoms with Gasteiger partial charge in [-0.25, -0.2) is 0 Å². The Hall–Kier alpha value is -0.670.